The quantitative estimate of drug-likeness (QED) is 0.858. The van der Waals surface area contributed by atoms with Gasteiger partial charge >= 0.3 is 0 Å². The fourth-order valence-corrected chi connectivity index (χ4v) is 5.76. The Balaban J connectivity index is 1.64. The van der Waals surface area contributed by atoms with Crippen molar-refractivity contribution in [3.63, 3.8) is 0 Å². The van der Waals surface area contributed by atoms with E-state index in [4.69, 9.17) is 0 Å². The van der Waals surface area contributed by atoms with Gasteiger partial charge in [-0.25, -0.2) is 0 Å². The Morgan fingerprint density at radius 2 is 1.83 bits per heavy atom. The van der Waals surface area contributed by atoms with Crippen LogP contribution in [0.15, 0.2) is 42.6 Å². The van der Waals surface area contributed by atoms with Gasteiger partial charge in [0, 0.05) is 38.1 Å². The van der Waals surface area contributed by atoms with Gasteiger partial charge in [0.2, 0.25) is 0 Å². The molecular weight excluding hydrogens is 322 g/mol. The number of nitrogens with zero attached hydrogens (tertiary/aromatic N) is 3. The predicted molar refractivity (Wildman–Crippen MR) is 93.6 cm³/mol. The van der Waals surface area contributed by atoms with Crippen molar-refractivity contribution in [1.82, 2.24) is 13.2 Å². The second kappa shape index (κ2) is 6.02. The van der Waals surface area contributed by atoms with Crippen LogP contribution < -0.4 is 0 Å². The number of fused-ring (bicyclic) bond motifs is 2. The molecular formula is C18H23N3O2S. The van der Waals surface area contributed by atoms with Crippen LogP contribution in [0.25, 0.3) is 0 Å². The number of hydrogen-bond acceptors (Lipinski definition) is 2. The summed E-state index contributed by atoms with van der Waals surface area (Å²) >= 11 is 0. The number of rotatable bonds is 3. The average molecular weight is 345 g/mol. The van der Waals surface area contributed by atoms with Gasteiger partial charge in [-0.2, -0.15) is 17.0 Å². The van der Waals surface area contributed by atoms with Crippen molar-refractivity contribution < 1.29 is 8.42 Å². The largest absolute Gasteiger partial charge is 0.349 e. The molecule has 0 spiro atoms. The molecule has 0 fully saturated rings. The first-order valence-corrected chi connectivity index (χ1v) is 9.99. The van der Waals surface area contributed by atoms with Crippen LogP contribution in [0.2, 0.25) is 0 Å². The normalized spacial score (nSPS) is 22.1. The van der Waals surface area contributed by atoms with Crippen LogP contribution in [-0.2, 0) is 29.7 Å². The number of hydrogen-bond donors (Lipinski definition) is 0. The fraction of sp³-hybridized carbons (Fsp3) is 0.444. The van der Waals surface area contributed by atoms with Gasteiger partial charge in [-0.3, -0.25) is 0 Å². The molecule has 5 nitrogen and oxygen atoms in total. The summed E-state index contributed by atoms with van der Waals surface area (Å²) < 4.78 is 32.1. The lowest BCUT2D eigenvalue weighted by Crippen LogP contribution is -2.50. The van der Waals surface area contributed by atoms with E-state index in [1.54, 1.807) is 8.61 Å². The summed E-state index contributed by atoms with van der Waals surface area (Å²) in [6, 6.07) is 12.1. The molecule has 1 atom stereocenters. The third-order valence-electron chi connectivity index (χ3n) is 5.22. The molecule has 128 valence electrons. The molecule has 3 heterocycles. The lowest BCUT2D eigenvalue weighted by Gasteiger charge is -2.39. The Labute approximate surface area is 143 Å². The van der Waals surface area contributed by atoms with Gasteiger partial charge in [0.1, 0.15) is 0 Å². The Morgan fingerprint density at radius 3 is 2.62 bits per heavy atom. The lowest BCUT2D eigenvalue weighted by molar-refractivity contribution is 0.233. The van der Waals surface area contributed by atoms with E-state index in [-0.39, 0.29) is 6.04 Å². The highest BCUT2D eigenvalue weighted by Crippen LogP contribution is 2.33. The Morgan fingerprint density at radius 1 is 1.04 bits per heavy atom. The van der Waals surface area contributed by atoms with Crippen molar-refractivity contribution in [2.45, 2.75) is 38.9 Å². The van der Waals surface area contributed by atoms with Gasteiger partial charge in [0.25, 0.3) is 10.2 Å². The van der Waals surface area contributed by atoms with Crippen molar-refractivity contribution >= 4 is 10.2 Å². The molecule has 1 aromatic carbocycles. The summed E-state index contributed by atoms with van der Waals surface area (Å²) in [7, 11) is -3.46. The van der Waals surface area contributed by atoms with Crippen LogP contribution in [0, 0.1) is 0 Å². The highest BCUT2D eigenvalue weighted by molar-refractivity contribution is 7.86. The van der Waals surface area contributed by atoms with E-state index in [0.717, 1.165) is 30.6 Å². The molecule has 0 aliphatic carbocycles. The van der Waals surface area contributed by atoms with E-state index < -0.39 is 10.2 Å². The minimum absolute atomic E-state index is 0.0732. The second-order valence-corrected chi connectivity index (χ2v) is 8.40. The monoisotopic (exact) mass is 345 g/mol. The highest BCUT2D eigenvalue weighted by atomic mass is 32.2. The maximum absolute atomic E-state index is 13.3. The molecule has 0 bridgehead atoms. The fourth-order valence-electron chi connectivity index (χ4n) is 3.95. The van der Waals surface area contributed by atoms with E-state index in [1.807, 2.05) is 36.5 Å². The van der Waals surface area contributed by atoms with Crippen molar-refractivity contribution in [3.8, 4) is 0 Å². The molecule has 24 heavy (non-hydrogen) atoms. The highest BCUT2D eigenvalue weighted by Gasteiger charge is 2.39. The smallest absolute Gasteiger partial charge is 0.282 e. The summed E-state index contributed by atoms with van der Waals surface area (Å²) in [6.45, 7) is 4.37. The van der Waals surface area contributed by atoms with Crippen molar-refractivity contribution in [1.29, 1.82) is 0 Å². The molecule has 0 radical (unpaired) electrons. The van der Waals surface area contributed by atoms with Crippen molar-refractivity contribution in [2.75, 3.05) is 13.1 Å². The molecule has 4 rings (SSSR count). The van der Waals surface area contributed by atoms with Crippen molar-refractivity contribution in [3.05, 3.63) is 59.4 Å². The van der Waals surface area contributed by atoms with Gasteiger partial charge in [-0.05, 0) is 36.1 Å². The van der Waals surface area contributed by atoms with Crippen LogP contribution in [0.1, 0.15) is 36.2 Å². The van der Waals surface area contributed by atoms with Crippen LogP contribution in [0.5, 0.6) is 0 Å². The van der Waals surface area contributed by atoms with E-state index in [2.05, 4.69) is 17.6 Å². The summed E-state index contributed by atoms with van der Waals surface area (Å²) in [5, 5.41) is 0. The zero-order valence-electron chi connectivity index (χ0n) is 13.9. The molecule has 6 heteroatoms. The van der Waals surface area contributed by atoms with Gasteiger partial charge in [0.05, 0.1) is 6.04 Å². The third-order valence-corrected chi connectivity index (χ3v) is 7.21. The van der Waals surface area contributed by atoms with E-state index in [0.29, 0.717) is 19.6 Å². The molecule has 0 unspecified atom stereocenters. The second-order valence-electron chi connectivity index (χ2n) is 6.52. The van der Waals surface area contributed by atoms with Gasteiger partial charge in [-0.15, -0.1) is 0 Å². The molecule has 0 N–H and O–H groups in total. The summed E-state index contributed by atoms with van der Waals surface area (Å²) in [5.41, 5.74) is 3.49. The first-order chi connectivity index (χ1) is 11.6. The zero-order chi connectivity index (χ0) is 16.7. The molecule has 2 aliphatic heterocycles. The minimum atomic E-state index is -3.46. The Bertz CT molecular complexity index is 843. The molecule has 0 saturated heterocycles. The first kappa shape index (κ1) is 15.9. The van der Waals surface area contributed by atoms with Crippen LogP contribution >= 0.6 is 0 Å². The van der Waals surface area contributed by atoms with E-state index in [1.165, 1.54) is 5.56 Å². The average Bonchev–Trinajstić information content (AvgIpc) is 3.09. The summed E-state index contributed by atoms with van der Waals surface area (Å²) in [5.74, 6) is 0. The molecule has 0 saturated carbocycles. The first-order valence-electron chi connectivity index (χ1n) is 8.60. The molecule has 1 aromatic heterocycles. The minimum Gasteiger partial charge on any atom is -0.349 e. The van der Waals surface area contributed by atoms with Gasteiger partial charge in [-0.1, -0.05) is 31.2 Å². The third kappa shape index (κ3) is 2.49. The SMILES string of the molecule is CC[C@@H]1c2cccn2CCN1S(=O)(=O)N1CCc2ccccc2C1. The van der Waals surface area contributed by atoms with E-state index >= 15 is 0 Å². The van der Waals surface area contributed by atoms with Crippen LogP contribution in [-0.4, -0.2) is 34.7 Å². The number of benzene rings is 1. The van der Waals surface area contributed by atoms with E-state index in [9.17, 15) is 8.42 Å². The van der Waals surface area contributed by atoms with Gasteiger partial charge < -0.3 is 4.57 Å². The maximum Gasteiger partial charge on any atom is 0.282 e. The summed E-state index contributed by atoms with van der Waals surface area (Å²) in [4.78, 5) is 0. The standard InChI is InChI=1S/C18H23N3O2S/c1-2-17-18-8-5-10-19(18)12-13-21(17)24(22,23)20-11-9-15-6-3-4-7-16(15)14-20/h3-8,10,17H,2,9,11-14H2,1H3/t17-/m1/s1. The molecule has 2 aromatic rings. The maximum atomic E-state index is 13.3. The Hall–Kier alpha value is -1.63. The molecule has 0 amide bonds. The Kier molecular flexibility index (Phi) is 3.98. The van der Waals surface area contributed by atoms with Crippen molar-refractivity contribution in [2.24, 2.45) is 0 Å². The molecule has 2 aliphatic rings. The van der Waals surface area contributed by atoms with Crippen LogP contribution in [0.3, 0.4) is 0 Å². The zero-order valence-corrected chi connectivity index (χ0v) is 14.7. The predicted octanol–water partition coefficient (Wildman–Crippen LogP) is 2.56. The van der Waals surface area contributed by atoms with Crippen LogP contribution in [0.4, 0.5) is 0 Å². The lowest BCUT2D eigenvalue weighted by atomic mass is 10.0. The topological polar surface area (TPSA) is 45.6 Å². The number of aromatic nitrogens is 1. The van der Waals surface area contributed by atoms with Gasteiger partial charge in [0.15, 0.2) is 0 Å². The summed E-state index contributed by atoms with van der Waals surface area (Å²) in [6.07, 6.45) is 3.61.